The minimum Gasteiger partial charge on any atom is -0.482 e. The van der Waals surface area contributed by atoms with E-state index < -0.39 is 0 Å². The highest BCUT2D eigenvalue weighted by Crippen LogP contribution is 2.26. The zero-order chi connectivity index (χ0) is 30.0. The van der Waals surface area contributed by atoms with E-state index in [4.69, 9.17) is 9.47 Å². The number of nitrogens with zero attached hydrogens (tertiary/aromatic N) is 2. The Morgan fingerprint density at radius 3 is 2.12 bits per heavy atom. The molecule has 0 radical (unpaired) electrons. The van der Waals surface area contributed by atoms with Crippen LogP contribution >= 0.6 is 0 Å². The molecule has 1 fully saturated rings. The second-order valence-electron chi connectivity index (χ2n) is 11.8. The number of likely N-dealkylation sites (tertiary alicyclic amines) is 1. The van der Waals surface area contributed by atoms with Crippen molar-refractivity contribution in [3.63, 3.8) is 0 Å². The number of hydrogen-bond donors (Lipinski definition) is 0. The molecule has 2 aliphatic rings. The molecule has 7 heteroatoms. The summed E-state index contributed by atoms with van der Waals surface area (Å²) in [5, 5.41) is 0. The van der Waals surface area contributed by atoms with E-state index in [9.17, 15) is 14.0 Å². The van der Waals surface area contributed by atoms with Gasteiger partial charge in [0.15, 0.2) is 12.4 Å². The van der Waals surface area contributed by atoms with Crippen molar-refractivity contribution in [2.75, 3.05) is 39.4 Å². The van der Waals surface area contributed by atoms with Gasteiger partial charge in [0.05, 0.1) is 6.61 Å². The molecule has 228 valence electrons. The van der Waals surface area contributed by atoms with Crippen LogP contribution in [0.3, 0.4) is 0 Å². The minimum atomic E-state index is -0.360. The van der Waals surface area contributed by atoms with Crippen LogP contribution in [-0.2, 0) is 35.5 Å². The van der Waals surface area contributed by atoms with Crippen molar-refractivity contribution in [2.45, 2.75) is 58.5 Å². The van der Waals surface area contributed by atoms with Crippen LogP contribution in [-0.4, -0.2) is 60.9 Å². The molecule has 0 N–H and O–H groups in total. The lowest BCUT2D eigenvalue weighted by Gasteiger charge is -2.32. The number of halogens is 1. The van der Waals surface area contributed by atoms with Gasteiger partial charge in [-0.2, -0.15) is 0 Å². The minimum absolute atomic E-state index is 0.0749. The molecule has 43 heavy (non-hydrogen) atoms. The van der Waals surface area contributed by atoms with Crippen LogP contribution in [0.5, 0.6) is 5.75 Å². The third-order valence-electron chi connectivity index (χ3n) is 8.72. The van der Waals surface area contributed by atoms with Gasteiger partial charge in [0.1, 0.15) is 11.6 Å². The number of rotatable bonds is 12. The number of Topliss-reactive ketones (excluding diaryl/α,β-unsaturated/α-hetero) is 1. The molecular weight excluding hydrogens is 543 g/mol. The van der Waals surface area contributed by atoms with Gasteiger partial charge < -0.3 is 9.47 Å². The highest BCUT2D eigenvalue weighted by molar-refractivity contribution is 5.96. The molecule has 0 spiro atoms. The molecule has 6 nitrogen and oxygen atoms in total. The van der Waals surface area contributed by atoms with Gasteiger partial charge >= 0.3 is 5.97 Å². The maximum absolute atomic E-state index is 13.3. The lowest BCUT2D eigenvalue weighted by Crippen LogP contribution is -2.33. The predicted octanol–water partition coefficient (Wildman–Crippen LogP) is 6.24. The highest BCUT2D eigenvalue weighted by atomic mass is 19.1. The van der Waals surface area contributed by atoms with Crippen molar-refractivity contribution in [3.8, 4) is 5.75 Å². The van der Waals surface area contributed by atoms with Gasteiger partial charge in [0, 0.05) is 38.2 Å². The summed E-state index contributed by atoms with van der Waals surface area (Å²) in [6.45, 7) is 7.74. The second-order valence-corrected chi connectivity index (χ2v) is 11.8. The van der Waals surface area contributed by atoms with E-state index in [-0.39, 0.29) is 24.2 Å². The molecule has 2 aliphatic heterocycles. The Bertz CT molecular complexity index is 1350. The maximum atomic E-state index is 13.3. The topological polar surface area (TPSA) is 59.1 Å². The number of esters is 1. The van der Waals surface area contributed by atoms with Crippen LogP contribution in [0.2, 0.25) is 0 Å². The molecule has 1 saturated heterocycles. The van der Waals surface area contributed by atoms with Gasteiger partial charge in [-0.05, 0) is 111 Å². The van der Waals surface area contributed by atoms with E-state index in [1.165, 1.54) is 28.8 Å². The molecule has 0 aromatic heterocycles. The summed E-state index contributed by atoms with van der Waals surface area (Å²) in [5.41, 5.74) is 5.82. The normalized spacial score (nSPS) is 16.3. The van der Waals surface area contributed by atoms with E-state index in [0.29, 0.717) is 24.7 Å². The fourth-order valence-corrected chi connectivity index (χ4v) is 6.16. The quantitative estimate of drug-likeness (QED) is 0.185. The van der Waals surface area contributed by atoms with E-state index in [2.05, 4.69) is 34.1 Å². The Labute approximate surface area is 254 Å². The number of carbonyl (C=O) groups is 2. The monoisotopic (exact) mass is 586 g/mol. The van der Waals surface area contributed by atoms with Crippen LogP contribution in [0.4, 0.5) is 4.39 Å². The third kappa shape index (κ3) is 9.22. The standard InChI is InChI=1S/C36H43FN2O4/c1-2-42-36(41)26-43-34-12-5-29(6-13-34)25-38-19-15-27(16-20-38)7-14-35(40)32-9-8-30-17-21-39(22-18-31(30)23-32)24-28-3-10-33(37)11-4-28/h3-6,8-13,23,27H,2,7,14-22,24-26H2,1H3. The Balaban J connectivity index is 1.03. The van der Waals surface area contributed by atoms with Gasteiger partial charge in [0.2, 0.25) is 0 Å². The third-order valence-corrected chi connectivity index (χ3v) is 8.72. The summed E-state index contributed by atoms with van der Waals surface area (Å²) in [6.07, 6.45) is 5.68. The van der Waals surface area contributed by atoms with Crippen molar-refractivity contribution in [2.24, 2.45) is 5.92 Å². The van der Waals surface area contributed by atoms with Crippen molar-refractivity contribution in [1.29, 1.82) is 0 Å². The van der Waals surface area contributed by atoms with E-state index >= 15 is 0 Å². The molecule has 5 rings (SSSR count). The molecular formula is C36H43FN2O4. The molecule has 0 atom stereocenters. The summed E-state index contributed by atoms with van der Waals surface area (Å²) >= 11 is 0. The number of benzene rings is 3. The van der Waals surface area contributed by atoms with Gasteiger partial charge in [-0.3, -0.25) is 14.6 Å². The zero-order valence-corrected chi connectivity index (χ0v) is 25.2. The first kappa shape index (κ1) is 30.9. The first-order valence-electron chi connectivity index (χ1n) is 15.7. The number of ketones is 1. The Kier molecular flexibility index (Phi) is 11.0. The Morgan fingerprint density at radius 2 is 1.44 bits per heavy atom. The fraction of sp³-hybridized carbons (Fsp3) is 0.444. The van der Waals surface area contributed by atoms with Gasteiger partial charge in [-0.15, -0.1) is 0 Å². The van der Waals surface area contributed by atoms with Crippen molar-refractivity contribution in [3.05, 3.63) is 100 Å². The van der Waals surface area contributed by atoms with Gasteiger partial charge in [0.25, 0.3) is 0 Å². The Morgan fingerprint density at radius 1 is 0.814 bits per heavy atom. The first-order valence-corrected chi connectivity index (χ1v) is 15.7. The summed E-state index contributed by atoms with van der Waals surface area (Å²) in [5.74, 6) is 0.942. The molecule has 0 amide bonds. The lowest BCUT2D eigenvalue weighted by molar-refractivity contribution is -0.145. The van der Waals surface area contributed by atoms with Crippen molar-refractivity contribution < 1.29 is 23.5 Å². The molecule has 3 aromatic carbocycles. The zero-order valence-electron chi connectivity index (χ0n) is 25.2. The predicted molar refractivity (Wildman–Crippen MR) is 166 cm³/mol. The molecule has 2 heterocycles. The first-order chi connectivity index (χ1) is 20.9. The summed E-state index contributed by atoms with van der Waals surface area (Å²) in [4.78, 5) is 29.5. The second kappa shape index (κ2) is 15.3. The number of fused-ring (bicyclic) bond motifs is 1. The van der Waals surface area contributed by atoms with E-state index in [0.717, 1.165) is 82.5 Å². The molecule has 0 saturated carbocycles. The van der Waals surface area contributed by atoms with Crippen LogP contribution in [0.1, 0.15) is 65.2 Å². The SMILES string of the molecule is CCOC(=O)COc1ccc(CN2CCC(CCC(=O)c3ccc4c(c3)CCN(Cc3ccc(F)cc3)CC4)CC2)cc1. The smallest absolute Gasteiger partial charge is 0.344 e. The van der Waals surface area contributed by atoms with Crippen molar-refractivity contribution in [1.82, 2.24) is 9.80 Å². The fourth-order valence-electron chi connectivity index (χ4n) is 6.16. The van der Waals surface area contributed by atoms with E-state index in [1.807, 2.05) is 30.3 Å². The van der Waals surface area contributed by atoms with Crippen LogP contribution in [0.15, 0.2) is 66.7 Å². The van der Waals surface area contributed by atoms with Gasteiger partial charge in [-0.25, -0.2) is 9.18 Å². The molecule has 0 unspecified atom stereocenters. The van der Waals surface area contributed by atoms with Gasteiger partial charge in [-0.1, -0.05) is 36.4 Å². The molecule has 3 aromatic rings. The summed E-state index contributed by atoms with van der Waals surface area (Å²) in [6, 6.07) is 21.0. The average molecular weight is 587 g/mol. The maximum Gasteiger partial charge on any atom is 0.344 e. The molecule has 0 bridgehead atoms. The van der Waals surface area contributed by atoms with Crippen molar-refractivity contribution >= 4 is 11.8 Å². The van der Waals surface area contributed by atoms with Crippen LogP contribution in [0.25, 0.3) is 0 Å². The molecule has 0 aliphatic carbocycles. The summed E-state index contributed by atoms with van der Waals surface area (Å²) < 4.78 is 23.7. The highest BCUT2D eigenvalue weighted by Gasteiger charge is 2.21. The number of carbonyl (C=O) groups excluding carboxylic acids is 2. The van der Waals surface area contributed by atoms with Crippen LogP contribution in [0, 0.1) is 11.7 Å². The largest absolute Gasteiger partial charge is 0.482 e. The number of hydrogen-bond acceptors (Lipinski definition) is 6. The van der Waals surface area contributed by atoms with E-state index in [1.54, 1.807) is 6.92 Å². The van der Waals surface area contributed by atoms with Crippen LogP contribution < -0.4 is 4.74 Å². The lowest BCUT2D eigenvalue weighted by atomic mass is 9.89. The number of ether oxygens (including phenoxy) is 2. The number of piperidine rings is 1. The summed E-state index contributed by atoms with van der Waals surface area (Å²) in [7, 11) is 0. The Hall–Kier alpha value is -3.55. The average Bonchev–Trinajstić information content (AvgIpc) is 3.23.